The second-order valence-electron chi connectivity index (χ2n) is 7.98. The third-order valence-corrected chi connectivity index (χ3v) is 6.35. The molecule has 0 amide bonds. The second kappa shape index (κ2) is 8.25. The minimum Gasteiger partial charge on any atom is -0.493 e. The lowest BCUT2D eigenvalue weighted by molar-refractivity contribution is 0.0220. The van der Waals surface area contributed by atoms with Crippen LogP contribution in [0, 0.1) is 0 Å². The average Bonchev–Trinajstić information content (AvgIpc) is 3.12. The van der Waals surface area contributed by atoms with Crippen LogP contribution in [0.5, 0.6) is 17.2 Å². The fourth-order valence-electron chi connectivity index (χ4n) is 4.74. The number of ether oxygens (including phenoxy) is 3. The Labute approximate surface area is 174 Å². The first kappa shape index (κ1) is 20.0. The molecule has 0 fully saturated rings. The third kappa shape index (κ3) is 3.69. The number of methoxy groups -OCH3 is 2. The van der Waals surface area contributed by atoms with Gasteiger partial charge in [-0.2, -0.15) is 0 Å². The van der Waals surface area contributed by atoms with Gasteiger partial charge in [0.25, 0.3) is 0 Å². The molecule has 0 radical (unpaired) electrons. The van der Waals surface area contributed by atoms with E-state index in [4.69, 9.17) is 14.2 Å². The van der Waals surface area contributed by atoms with Crippen LogP contribution in [0.15, 0.2) is 36.4 Å². The lowest BCUT2D eigenvalue weighted by Gasteiger charge is -2.42. The van der Waals surface area contributed by atoms with Crippen LogP contribution in [-0.2, 0) is 18.6 Å². The Morgan fingerprint density at radius 2 is 1.76 bits per heavy atom. The zero-order valence-corrected chi connectivity index (χ0v) is 18.0. The summed E-state index contributed by atoms with van der Waals surface area (Å²) in [6, 6.07) is 12.7. The maximum atomic E-state index is 6.67. The van der Waals surface area contributed by atoms with Crippen LogP contribution >= 0.6 is 0 Å². The van der Waals surface area contributed by atoms with Crippen molar-refractivity contribution in [2.24, 2.45) is 0 Å². The molecule has 4 rings (SSSR count). The molecule has 2 aliphatic heterocycles. The maximum absolute atomic E-state index is 6.67. The van der Waals surface area contributed by atoms with E-state index >= 15 is 0 Å². The van der Waals surface area contributed by atoms with Gasteiger partial charge in [0.15, 0.2) is 17.1 Å². The highest BCUT2D eigenvalue weighted by molar-refractivity contribution is 5.53. The second-order valence-corrected chi connectivity index (χ2v) is 7.98. The summed E-state index contributed by atoms with van der Waals surface area (Å²) in [5, 5.41) is 0. The van der Waals surface area contributed by atoms with Gasteiger partial charge in [-0.15, -0.1) is 0 Å². The van der Waals surface area contributed by atoms with E-state index in [0.29, 0.717) is 0 Å². The summed E-state index contributed by atoms with van der Waals surface area (Å²) in [5.74, 6) is 2.54. The standard InChI is InChI=1S/C24H32N2O3/c1-5-25(6-2)11-12-26-16-19-13-22(27-3)23(28-4)14-20(19)24(17-26)15-18-9-7-8-10-21(18)29-24/h7-10,13-14H,5-6,11-12,15-17H2,1-4H3. The number of fused-ring (bicyclic) bond motifs is 3. The Bertz CT molecular complexity index is 838. The molecule has 156 valence electrons. The van der Waals surface area contributed by atoms with Gasteiger partial charge in [-0.1, -0.05) is 32.0 Å². The van der Waals surface area contributed by atoms with Gasteiger partial charge in [0, 0.05) is 38.2 Å². The summed E-state index contributed by atoms with van der Waals surface area (Å²) >= 11 is 0. The third-order valence-electron chi connectivity index (χ3n) is 6.35. The first-order valence-electron chi connectivity index (χ1n) is 10.6. The van der Waals surface area contributed by atoms with Gasteiger partial charge in [-0.3, -0.25) is 4.90 Å². The van der Waals surface area contributed by atoms with Gasteiger partial charge in [0.2, 0.25) is 0 Å². The van der Waals surface area contributed by atoms with E-state index < -0.39 is 0 Å². The van der Waals surface area contributed by atoms with E-state index in [1.54, 1.807) is 14.2 Å². The van der Waals surface area contributed by atoms with Crippen LogP contribution in [-0.4, -0.2) is 56.7 Å². The maximum Gasteiger partial charge on any atom is 0.161 e. The van der Waals surface area contributed by atoms with Crippen molar-refractivity contribution in [1.29, 1.82) is 0 Å². The quantitative estimate of drug-likeness (QED) is 0.713. The lowest BCUT2D eigenvalue weighted by Crippen LogP contribution is -2.50. The molecule has 5 heteroatoms. The molecule has 2 heterocycles. The first-order chi connectivity index (χ1) is 14.1. The van der Waals surface area contributed by atoms with Gasteiger partial charge in [-0.05, 0) is 42.4 Å². The van der Waals surface area contributed by atoms with Crippen molar-refractivity contribution < 1.29 is 14.2 Å². The van der Waals surface area contributed by atoms with Crippen molar-refractivity contribution in [3.05, 3.63) is 53.1 Å². The molecule has 0 aliphatic carbocycles. The lowest BCUT2D eigenvalue weighted by atomic mass is 9.82. The molecule has 0 N–H and O–H groups in total. The molecule has 0 saturated carbocycles. The smallest absolute Gasteiger partial charge is 0.161 e. The molecule has 2 aromatic rings. The van der Waals surface area contributed by atoms with Gasteiger partial charge in [0.05, 0.1) is 14.2 Å². The summed E-state index contributed by atoms with van der Waals surface area (Å²) in [6.07, 6.45) is 0.882. The van der Waals surface area contributed by atoms with Gasteiger partial charge in [0.1, 0.15) is 5.75 Å². The summed E-state index contributed by atoms with van der Waals surface area (Å²) < 4.78 is 17.9. The highest BCUT2D eigenvalue weighted by Gasteiger charge is 2.46. The van der Waals surface area contributed by atoms with Crippen molar-refractivity contribution in [3.63, 3.8) is 0 Å². The van der Waals surface area contributed by atoms with E-state index in [-0.39, 0.29) is 5.60 Å². The van der Waals surface area contributed by atoms with Crippen LogP contribution in [0.25, 0.3) is 0 Å². The molecule has 0 aromatic heterocycles. The molecule has 1 unspecified atom stereocenters. The van der Waals surface area contributed by atoms with Crippen LogP contribution in [0.3, 0.4) is 0 Å². The highest BCUT2D eigenvalue weighted by atomic mass is 16.5. The predicted molar refractivity (Wildman–Crippen MR) is 115 cm³/mol. The Morgan fingerprint density at radius 1 is 1.03 bits per heavy atom. The Balaban J connectivity index is 1.70. The molecule has 1 atom stereocenters. The van der Waals surface area contributed by atoms with Crippen LogP contribution < -0.4 is 14.2 Å². The fraction of sp³-hybridized carbons (Fsp3) is 0.500. The summed E-state index contributed by atoms with van der Waals surface area (Å²) in [6.45, 7) is 10.5. The van der Waals surface area contributed by atoms with E-state index in [0.717, 1.165) is 62.9 Å². The predicted octanol–water partition coefficient (Wildman–Crippen LogP) is 3.69. The average molecular weight is 397 g/mol. The summed E-state index contributed by atoms with van der Waals surface area (Å²) in [5.41, 5.74) is 3.39. The van der Waals surface area contributed by atoms with E-state index in [2.05, 4.69) is 54.0 Å². The Hall–Kier alpha value is -2.24. The topological polar surface area (TPSA) is 34.2 Å². The fourth-order valence-corrected chi connectivity index (χ4v) is 4.74. The van der Waals surface area contributed by atoms with Gasteiger partial charge >= 0.3 is 0 Å². The molecule has 5 nitrogen and oxygen atoms in total. The van der Waals surface area contributed by atoms with E-state index in [9.17, 15) is 0 Å². The van der Waals surface area contributed by atoms with E-state index in [1.165, 1.54) is 16.7 Å². The summed E-state index contributed by atoms with van der Waals surface area (Å²) in [7, 11) is 3.39. The number of hydrogen-bond donors (Lipinski definition) is 0. The number of likely N-dealkylation sites (N-methyl/N-ethyl adjacent to an activating group) is 1. The van der Waals surface area contributed by atoms with E-state index in [1.807, 2.05) is 6.07 Å². The van der Waals surface area contributed by atoms with Crippen molar-refractivity contribution in [2.45, 2.75) is 32.4 Å². The Kier molecular flexibility index (Phi) is 5.70. The Morgan fingerprint density at radius 3 is 2.45 bits per heavy atom. The van der Waals surface area contributed by atoms with Crippen molar-refractivity contribution >= 4 is 0 Å². The molecule has 2 aromatic carbocycles. The van der Waals surface area contributed by atoms with Gasteiger partial charge < -0.3 is 19.1 Å². The number of para-hydroxylation sites is 1. The number of rotatable bonds is 7. The minimum atomic E-state index is -0.375. The molecule has 0 saturated heterocycles. The normalized spacial score (nSPS) is 20.4. The van der Waals surface area contributed by atoms with Crippen molar-refractivity contribution in [3.8, 4) is 17.2 Å². The SMILES string of the molecule is CCN(CC)CCN1Cc2cc(OC)c(OC)cc2C2(Cc3ccccc3O2)C1. The largest absolute Gasteiger partial charge is 0.493 e. The van der Waals surface area contributed by atoms with Gasteiger partial charge in [-0.25, -0.2) is 0 Å². The molecule has 29 heavy (non-hydrogen) atoms. The molecule has 0 bridgehead atoms. The molecular weight excluding hydrogens is 364 g/mol. The first-order valence-corrected chi connectivity index (χ1v) is 10.6. The van der Waals surface area contributed by atoms with Crippen LogP contribution in [0.2, 0.25) is 0 Å². The zero-order chi connectivity index (χ0) is 20.4. The number of nitrogens with zero attached hydrogens (tertiary/aromatic N) is 2. The van der Waals surface area contributed by atoms with Crippen LogP contribution in [0.1, 0.15) is 30.5 Å². The minimum absolute atomic E-state index is 0.375. The monoisotopic (exact) mass is 396 g/mol. The zero-order valence-electron chi connectivity index (χ0n) is 18.0. The van der Waals surface area contributed by atoms with Crippen LogP contribution in [0.4, 0.5) is 0 Å². The van der Waals surface area contributed by atoms with Crippen molar-refractivity contribution in [2.75, 3.05) is 46.9 Å². The highest BCUT2D eigenvalue weighted by Crippen LogP contribution is 2.47. The molecular formula is C24H32N2O3. The number of benzene rings is 2. The number of hydrogen-bond acceptors (Lipinski definition) is 5. The molecule has 2 aliphatic rings. The summed E-state index contributed by atoms with van der Waals surface area (Å²) in [4.78, 5) is 5.00. The molecule has 1 spiro atoms. The van der Waals surface area contributed by atoms with Crippen molar-refractivity contribution in [1.82, 2.24) is 9.80 Å².